The van der Waals surface area contributed by atoms with Crippen molar-refractivity contribution < 1.29 is 0 Å². The molecule has 0 saturated carbocycles. The summed E-state index contributed by atoms with van der Waals surface area (Å²) in [6.07, 6.45) is 5.14. The van der Waals surface area contributed by atoms with Crippen LogP contribution in [0, 0.1) is 0 Å². The molecule has 1 unspecified atom stereocenters. The van der Waals surface area contributed by atoms with E-state index >= 15 is 0 Å². The summed E-state index contributed by atoms with van der Waals surface area (Å²) < 4.78 is 2.19. The SMILES string of the molecule is CCn1ccnc1N1CCC(NC)C1. The second kappa shape index (κ2) is 4.00. The fourth-order valence-electron chi connectivity index (χ4n) is 2.01. The van der Waals surface area contributed by atoms with Crippen molar-refractivity contribution in [2.75, 3.05) is 25.0 Å². The highest BCUT2D eigenvalue weighted by atomic mass is 15.3. The summed E-state index contributed by atoms with van der Waals surface area (Å²) in [7, 11) is 2.03. The summed E-state index contributed by atoms with van der Waals surface area (Å²) in [5, 5.41) is 3.31. The van der Waals surface area contributed by atoms with Crippen molar-refractivity contribution in [1.29, 1.82) is 0 Å². The van der Waals surface area contributed by atoms with E-state index in [9.17, 15) is 0 Å². The van der Waals surface area contributed by atoms with E-state index in [2.05, 4.69) is 26.7 Å². The van der Waals surface area contributed by atoms with E-state index in [0.29, 0.717) is 6.04 Å². The molecule has 1 aliphatic rings. The van der Waals surface area contributed by atoms with Gasteiger partial charge < -0.3 is 14.8 Å². The number of nitrogens with zero attached hydrogens (tertiary/aromatic N) is 3. The first-order chi connectivity index (χ1) is 6.85. The molecule has 1 saturated heterocycles. The molecular formula is C10H18N4. The van der Waals surface area contributed by atoms with E-state index < -0.39 is 0 Å². The van der Waals surface area contributed by atoms with Gasteiger partial charge in [0.2, 0.25) is 5.95 Å². The fourth-order valence-corrected chi connectivity index (χ4v) is 2.01. The van der Waals surface area contributed by atoms with Crippen LogP contribution in [0.4, 0.5) is 5.95 Å². The minimum absolute atomic E-state index is 0.622. The van der Waals surface area contributed by atoms with Gasteiger partial charge in [0.25, 0.3) is 0 Å². The van der Waals surface area contributed by atoms with Crippen molar-refractivity contribution in [3.8, 4) is 0 Å². The molecule has 0 spiro atoms. The average molecular weight is 194 g/mol. The van der Waals surface area contributed by atoms with Crippen LogP contribution in [0.5, 0.6) is 0 Å². The number of rotatable bonds is 3. The molecule has 1 aromatic heterocycles. The number of likely N-dealkylation sites (N-methyl/N-ethyl adjacent to an activating group) is 1. The number of imidazole rings is 1. The van der Waals surface area contributed by atoms with Gasteiger partial charge >= 0.3 is 0 Å². The molecule has 2 rings (SSSR count). The Bertz CT molecular complexity index is 294. The lowest BCUT2D eigenvalue weighted by Gasteiger charge is -2.18. The molecule has 0 bridgehead atoms. The lowest BCUT2D eigenvalue weighted by molar-refractivity contribution is 0.614. The van der Waals surface area contributed by atoms with Gasteiger partial charge in [0, 0.05) is 38.1 Å². The van der Waals surface area contributed by atoms with E-state index in [1.54, 1.807) is 0 Å². The normalized spacial score (nSPS) is 21.9. The molecular weight excluding hydrogens is 176 g/mol. The third-order valence-electron chi connectivity index (χ3n) is 2.91. The Hall–Kier alpha value is -1.03. The molecule has 1 aromatic rings. The second-order valence-electron chi connectivity index (χ2n) is 3.73. The summed E-state index contributed by atoms with van der Waals surface area (Å²) in [5.41, 5.74) is 0. The van der Waals surface area contributed by atoms with Crippen LogP contribution in [0.25, 0.3) is 0 Å². The Morgan fingerprint density at radius 3 is 3.14 bits per heavy atom. The monoisotopic (exact) mass is 194 g/mol. The van der Waals surface area contributed by atoms with Crippen molar-refractivity contribution in [3.63, 3.8) is 0 Å². The highest BCUT2D eigenvalue weighted by Crippen LogP contribution is 2.18. The molecule has 2 heterocycles. The maximum Gasteiger partial charge on any atom is 0.205 e. The number of aromatic nitrogens is 2. The number of hydrogen-bond acceptors (Lipinski definition) is 3. The first-order valence-electron chi connectivity index (χ1n) is 5.28. The maximum absolute atomic E-state index is 4.40. The molecule has 0 radical (unpaired) electrons. The zero-order chi connectivity index (χ0) is 9.97. The Morgan fingerprint density at radius 1 is 1.64 bits per heavy atom. The van der Waals surface area contributed by atoms with Crippen LogP contribution in [0.1, 0.15) is 13.3 Å². The van der Waals surface area contributed by atoms with Crippen LogP contribution >= 0.6 is 0 Å². The van der Waals surface area contributed by atoms with Crippen molar-refractivity contribution in [2.24, 2.45) is 0 Å². The third-order valence-corrected chi connectivity index (χ3v) is 2.91. The van der Waals surface area contributed by atoms with Gasteiger partial charge in [0.05, 0.1) is 0 Å². The predicted molar refractivity (Wildman–Crippen MR) is 57.6 cm³/mol. The Kier molecular flexibility index (Phi) is 2.72. The number of nitrogens with one attached hydrogen (secondary N) is 1. The van der Waals surface area contributed by atoms with Crippen molar-refractivity contribution >= 4 is 5.95 Å². The van der Waals surface area contributed by atoms with Crippen LogP contribution in [0.3, 0.4) is 0 Å². The average Bonchev–Trinajstić information content (AvgIpc) is 2.85. The fraction of sp³-hybridized carbons (Fsp3) is 0.700. The first kappa shape index (κ1) is 9.52. The van der Waals surface area contributed by atoms with Gasteiger partial charge in [-0.25, -0.2) is 4.98 Å². The molecule has 14 heavy (non-hydrogen) atoms. The molecule has 1 N–H and O–H groups in total. The smallest absolute Gasteiger partial charge is 0.205 e. The number of aryl methyl sites for hydroxylation is 1. The molecule has 1 atom stereocenters. The largest absolute Gasteiger partial charge is 0.341 e. The van der Waals surface area contributed by atoms with E-state index in [-0.39, 0.29) is 0 Å². The zero-order valence-electron chi connectivity index (χ0n) is 8.90. The molecule has 1 fully saturated rings. The van der Waals surface area contributed by atoms with Crippen LogP contribution in [0.15, 0.2) is 12.4 Å². The van der Waals surface area contributed by atoms with Gasteiger partial charge in [0.15, 0.2) is 0 Å². The second-order valence-corrected chi connectivity index (χ2v) is 3.73. The van der Waals surface area contributed by atoms with Gasteiger partial charge in [0.1, 0.15) is 0 Å². The quantitative estimate of drug-likeness (QED) is 0.769. The van der Waals surface area contributed by atoms with Crippen LogP contribution in [0.2, 0.25) is 0 Å². The van der Waals surface area contributed by atoms with E-state index in [0.717, 1.165) is 25.6 Å². The topological polar surface area (TPSA) is 33.1 Å². The van der Waals surface area contributed by atoms with Crippen molar-refractivity contribution in [2.45, 2.75) is 25.9 Å². The van der Waals surface area contributed by atoms with Gasteiger partial charge in [-0.15, -0.1) is 0 Å². The zero-order valence-corrected chi connectivity index (χ0v) is 8.90. The van der Waals surface area contributed by atoms with Gasteiger partial charge in [-0.3, -0.25) is 0 Å². The Morgan fingerprint density at radius 2 is 2.50 bits per heavy atom. The Labute approximate surface area is 84.9 Å². The first-order valence-corrected chi connectivity index (χ1v) is 5.28. The molecule has 78 valence electrons. The third kappa shape index (κ3) is 1.62. The highest BCUT2D eigenvalue weighted by molar-refractivity contribution is 5.33. The predicted octanol–water partition coefficient (Wildman–Crippen LogP) is 0.701. The van der Waals surface area contributed by atoms with E-state index in [1.807, 2.05) is 19.4 Å². The number of hydrogen-bond donors (Lipinski definition) is 1. The van der Waals surface area contributed by atoms with Crippen molar-refractivity contribution in [3.05, 3.63) is 12.4 Å². The minimum atomic E-state index is 0.622. The summed E-state index contributed by atoms with van der Waals surface area (Å²) in [5.74, 6) is 1.12. The molecule has 0 aliphatic carbocycles. The molecule has 0 amide bonds. The molecule has 0 aromatic carbocycles. The minimum Gasteiger partial charge on any atom is -0.341 e. The molecule has 4 nitrogen and oxygen atoms in total. The maximum atomic E-state index is 4.40. The Balaban J connectivity index is 2.09. The van der Waals surface area contributed by atoms with E-state index in [1.165, 1.54) is 6.42 Å². The van der Waals surface area contributed by atoms with Gasteiger partial charge in [-0.1, -0.05) is 0 Å². The van der Waals surface area contributed by atoms with E-state index in [4.69, 9.17) is 0 Å². The summed E-state index contributed by atoms with van der Waals surface area (Å²) in [4.78, 5) is 6.75. The summed E-state index contributed by atoms with van der Waals surface area (Å²) >= 11 is 0. The van der Waals surface area contributed by atoms with Crippen molar-refractivity contribution in [1.82, 2.24) is 14.9 Å². The standard InChI is InChI=1S/C10H18N4/c1-3-13-7-5-12-10(13)14-6-4-9(8-14)11-2/h5,7,9,11H,3-4,6,8H2,1-2H3. The van der Waals surface area contributed by atoms with Crippen LogP contribution in [-0.4, -0.2) is 35.7 Å². The summed E-state index contributed by atoms with van der Waals surface area (Å²) in [6, 6.07) is 0.622. The summed E-state index contributed by atoms with van der Waals surface area (Å²) in [6.45, 7) is 5.34. The van der Waals surface area contributed by atoms with Gasteiger partial charge in [-0.2, -0.15) is 0 Å². The number of anilines is 1. The van der Waals surface area contributed by atoms with Gasteiger partial charge in [-0.05, 0) is 20.4 Å². The molecule has 4 heteroatoms. The highest BCUT2D eigenvalue weighted by Gasteiger charge is 2.23. The van der Waals surface area contributed by atoms with Crippen LogP contribution in [-0.2, 0) is 6.54 Å². The lowest BCUT2D eigenvalue weighted by Crippen LogP contribution is -2.30. The molecule has 1 aliphatic heterocycles. The lowest BCUT2D eigenvalue weighted by atomic mass is 10.3. The van der Waals surface area contributed by atoms with Crippen LogP contribution < -0.4 is 10.2 Å².